The molecule has 0 aliphatic rings. The first-order valence-corrected chi connectivity index (χ1v) is 5.29. The van der Waals surface area contributed by atoms with Crippen molar-refractivity contribution in [3.05, 3.63) is 29.8 Å². The number of benzene rings is 1. The van der Waals surface area contributed by atoms with Gasteiger partial charge in [-0.05, 0) is 31.3 Å². The van der Waals surface area contributed by atoms with Crippen LogP contribution in [-0.4, -0.2) is 21.4 Å². The number of sulfonamides is 1. The molecule has 0 aromatic heterocycles. The number of hydrogen-bond acceptors (Lipinski definition) is 3. The highest BCUT2D eigenvalue weighted by Gasteiger charge is 2.10. The van der Waals surface area contributed by atoms with E-state index >= 15 is 0 Å². The number of amides is 1. The number of hydrogen-bond donors (Lipinski definition) is 2. The normalized spacial score (nSPS) is 10.5. The average Bonchev–Trinajstić information content (AvgIpc) is 2.18. The number of halogens is 1. The van der Waals surface area contributed by atoms with Crippen LogP contribution in [0, 0.1) is 0 Å². The van der Waals surface area contributed by atoms with E-state index in [0.29, 0.717) is 0 Å². The zero-order chi connectivity index (χ0) is 10.8. The van der Waals surface area contributed by atoms with Crippen LogP contribution in [0.15, 0.2) is 29.2 Å². The van der Waals surface area contributed by atoms with Gasteiger partial charge in [0.2, 0.25) is 15.9 Å². The Bertz CT molecular complexity index is 441. The lowest BCUT2D eigenvalue weighted by Crippen LogP contribution is -2.19. The lowest BCUT2D eigenvalue weighted by atomic mass is 10.2. The van der Waals surface area contributed by atoms with Crippen molar-refractivity contribution in [2.75, 3.05) is 7.05 Å². The van der Waals surface area contributed by atoms with Gasteiger partial charge < -0.3 is 5.73 Å². The summed E-state index contributed by atoms with van der Waals surface area (Å²) < 4.78 is 24.7. The summed E-state index contributed by atoms with van der Waals surface area (Å²) in [5, 5.41) is 0. The zero-order valence-electron chi connectivity index (χ0n) is 7.93. The molecule has 3 N–H and O–H groups in total. The van der Waals surface area contributed by atoms with E-state index in [0.717, 1.165) is 0 Å². The summed E-state index contributed by atoms with van der Waals surface area (Å²) in [5.74, 6) is -0.585. The van der Waals surface area contributed by atoms with Gasteiger partial charge in [-0.15, -0.1) is 12.4 Å². The van der Waals surface area contributed by atoms with Crippen molar-refractivity contribution in [3.8, 4) is 0 Å². The van der Waals surface area contributed by atoms with Gasteiger partial charge in [-0.2, -0.15) is 0 Å². The molecule has 0 fully saturated rings. The van der Waals surface area contributed by atoms with Crippen LogP contribution in [0.4, 0.5) is 0 Å². The highest BCUT2D eigenvalue weighted by atomic mass is 35.5. The summed E-state index contributed by atoms with van der Waals surface area (Å²) in [7, 11) is -2.13. The monoisotopic (exact) mass is 250 g/mol. The van der Waals surface area contributed by atoms with Gasteiger partial charge in [0, 0.05) is 5.56 Å². The predicted octanol–water partition coefficient (Wildman–Crippen LogP) is 0.115. The molecule has 1 aromatic rings. The molecule has 5 nitrogen and oxygen atoms in total. The molecule has 0 radical (unpaired) electrons. The highest BCUT2D eigenvalue weighted by molar-refractivity contribution is 7.89. The number of carbonyl (C=O) groups excluding carboxylic acids is 1. The molecule has 0 unspecified atom stereocenters. The molecular weight excluding hydrogens is 240 g/mol. The molecule has 0 saturated carbocycles. The first-order chi connectivity index (χ1) is 6.47. The number of primary amides is 1. The standard InChI is InChI=1S/C8H10N2O3S.ClH/c1-10-14(12,13)7-4-2-6(3-5-7)8(9)11;/h2-5,10H,1H3,(H2,9,11);1H. The van der Waals surface area contributed by atoms with E-state index in [1.807, 2.05) is 0 Å². The van der Waals surface area contributed by atoms with Gasteiger partial charge in [0.15, 0.2) is 0 Å². The van der Waals surface area contributed by atoms with Crippen LogP contribution in [0.3, 0.4) is 0 Å². The molecule has 1 rings (SSSR count). The zero-order valence-corrected chi connectivity index (χ0v) is 9.56. The van der Waals surface area contributed by atoms with Crippen LogP contribution in [0.25, 0.3) is 0 Å². The van der Waals surface area contributed by atoms with Gasteiger partial charge in [-0.3, -0.25) is 4.79 Å². The van der Waals surface area contributed by atoms with Crippen molar-refractivity contribution in [2.24, 2.45) is 5.73 Å². The van der Waals surface area contributed by atoms with Crippen molar-refractivity contribution in [3.63, 3.8) is 0 Å². The van der Waals surface area contributed by atoms with E-state index in [1.54, 1.807) is 0 Å². The lowest BCUT2D eigenvalue weighted by Gasteiger charge is -2.02. The fourth-order valence-corrected chi connectivity index (χ4v) is 1.65. The Hall–Kier alpha value is -1.11. The summed E-state index contributed by atoms with van der Waals surface area (Å²) >= 11 is 0. The molecule has 0 atom stereocenters. The van der Waals surface area contributed by atoms with Gasteiger partial charge in [0.1, 0.15) is 0 Å². The largest absolute Gasteiger partial charge is 0.366 e. The number of carbonyl (C=O) groups is 1. The van der Waals surface area contributed by atoms with Gasteiger partial charge in [0.05, 0.1) is 4.90 Å². The quantitative estimate of drug-likeness (QED) is 0.798. The van der Waals surface area contributed by atoms with Gasteiger partial charge in [-0.1, -0.05) is 0 Å². The van der Waals surface area contributed by atoms with Crippen molar-refractivity contribution in [1.29, 1.82) is 0 Å². The second-order valence-corrected chi connectivity index (χ2v) is 4.48. The van der Waals surface area contributed by atoms with Crippen LogP contribution < -0.4 is 10.5 Å². The summed E-state index contributed by atoms with van der Waals surface area (Å²) in [6.07, 6.45) is 0. The third-order valence-corrected chi connectivity index (χ3v) is 3.15. The Labute approximate surface area is 94.1 Å². The van der Waals surface area contributed by atoms with E-state index < -0.39 is 15.9 Å². The SMILES string of the molecule is CNS(=O)(=O)c1ccc(C(N)=O)cc1.Cl. The van der Waals surface area contributed by atoms with Crippen LogP contribution in [0.5, 0.6) is 0 Å². The van der Waals surface area contributed by atoms with Crippen molar-refractivity contribution >= 4 is 28.3 Å². The molecule has 84 valence electrons. The van der Waals surface area contributed by atoms with Crippen molar-refractivity contribution < 1.29 is 13.2 Å². The van der Waals surface area contributed by atoms with Crippen LogP contribution in [-0.2, 0) is 10.0 Å². The maximum atomic E-state index is 11.3. The lowest BCUT2D eigenvalue weighted by molar-refractivity contribution is 0.1000. The van der Waals surface area contributed by atoms with E-state index in [-0.39, 0.29) is 22.9 Å². The second kappa shape index (κ2) is 5.11. The summed E-state index contributed by atoms with van der Waals surface area (Å²) in [6, 6.07) is 5.39. The van der Waals surface area contributed by atoms with E-state index in [4.69, 9.17) is 5.73 Å². The summed E-state index contributed by atoms with van der Waals surface area (Å²) in [5.41, 5.74) is 5.28. The van der Waals surface area contributed by atoms with Crippen molar-refractivity contribution in [2.45, 2.75) is 4.90 Å². The Morgan fingerprint density at radius 1 is 1.27 bits per heavy atom. The highest BCUT2D eigenvalue weighted by Crippen LogP contribution is 2.09. The van der Waals surface area contributed by atoms with Crippen molar-refractivity contribution in [1.82, 2.24) is 4.72 Å². The van der Waals surface area contributed by atoms with Gasteiger partial charge >= 0.3 is 0 Å². The molecule has 15 heavy (non-hydrogen) atoms. The molecule has 1 amide bonds. The topological polar surface area (TPSA) is 89.3 Å². The molecule has 7 heteroatoms. The Balaban J connectivity index is 0.00000196. The smallest absolute Gasteiger partial charge is 0.248 e. The molecule has 0 saturated heterocycles. The first-order valence-electron chi connectivity index (χ1n) is 3.81. The Morgan fingerprint density at radius 3 is 2.07 bits per heavy atom. The number of nitrogens with two attached hydrogens (primary N) is 1. The van der Waals surface area contributed by atoms with E-state index in [2.05, 4.69) is 4.72 Å². The number of rotatable bonds is 3. The third-order valence-electron chi connectivity index (χ3n) is 1.72. The first kappa shape index (κ1) is 13.9. The maximum Gasteiger partial charge on any atom is 0.248 e. The third kappa shape index (κ3) is 3.19. The van der Waals surface area contributed by atoms with Gasteiger partial charge in [0.25, 0.3) is 0 Å². The predicted molar refractivity (Wildman–Crippen MR) is 58.5 cm³/mol. The average molecular weight is 251 g/mol. The molecule has 0 aliphatic heterocycles. The van der Waals surface area contributed by atoms with Crippen LogP contribution in [0.1, 0.15) is 10.4 Å². The summed E-state index contributed by atoms with van der Waals surface area (Å²) in [6.45, 7) is 0. The van der Waals surface area contributed by atoms with E-state index in [1.165, 1.54) is 31.3 Å². The molecule has 0 aliphatic carbocycles. The molecule has 0 spiro atoms. The van der Waals surface area contributed by atoms with Crippen LogP contribution in [0.2, 0.25) is 0 Å². The molecule has 1 aromatic carbocycles. The summed E-state index contributed by atoms with van der Waals surface area (Å²) in [4.78, 5) is 10.8. The maximum absolute atomic E-state index is 11.3. The molecular formula is C8H11ClN2O3S. The Morgan fingerprint density at radius 2 is 1.73 bits per heavy atom. The van der Waals surface area contributed by atoms with Crippen LogP contribution >= 0.6 is 12.4 Å². The fraction of sp³-hybridized carbons (Fsp3) is 0.125. The molecule has 0 heterocycles. The van der Waals surface area contributed by atoms with E-state index in [9.17, 15) is 13.2 Å². The number of nitrogens with one attached hydrogen (secondary N) is 1. The van der Waals surface area contributed by atoms with Gasteiger partial charge in [-0.25, -0.2) is 13.1 Å². The minimum Gasteiger partial charge on any atom is -0.366 e. The molecule has 0 bridgehead atoms. The Kier molecular flexibility index (Phi) is 4.73. The second-order valence-electron chi connectivity index (χ2n) is 2.60. The fourth-order valence-electron chi connectivity index (χ4n) is 0.916. The minimum atomic E-state index is -3.44. The minimum absolute atomic E-state index is 0.